The molecule has 0 aromatic carbocycles. The Balaban J connectivity index is 2.72. The molecule has 0 aliphatic heterocycles. The molecule has 0 aromatic rings. The van der Waals surface area contributed by atoms with Gasteiger partial charge in [0.05, 0.1) is 6.61 Å². The van der Waals surface area contributed by atoms with Crippen molar-refractivity contribution in [3.63, 3.8) is 0 Å². The molecule has 2 atom stereocenters. The summed E-state index contributed by atoms with van der Waals surface area (Å²) in [6.07, 6.45) is 2.33. The first-order chi connectivity index (χ1) is 5.65. The maximum absolute atomic E-state index is 12.9. The fraction of sp³-hybridized carbons (Fsp3) is 0.556. The molecule has 0 N–H and O–H groups in total. The van der Waals surface area contributed by atoms with Crippen molar-refractivity contribution < 1.29 is 13.5 Å². The number of hydrogen-bond donors (Lipinski definition) is 0. The molecule has 0 saturated heterocycles. The van der Waals surface area contributed by atoms with Crippen LogP contribution in [-0.4, -0.2) is 13.7 Å². The average Bonchev–Trinajstić information content (AvgIpc) is 2.00. The molecule has 2 unspecified atom stereocenters. The molecule has 1 aliphatic rings. The van der Waals surface area contributed by atoms with Crippen LogP contribution in [0.1, 0.15) is 6.92 Å². The summed E-state index contributed by atoms with van der Waals surface area (Å²) in [5, 5.41) is 0. The quantitative estimate of drug-likeness (QED) is 0.625. The van der Waals surface area contributed by atoms with Gasteiger partial charge in [0.15, 0.2) is 0 Å². The zero-order valence-corrected chi connectivity index (χ0v) is 7.18. The first kappa shape index (κ1) is 9.39. The van der Waals surface area contributed by atoms with E-state index in [1.807, 2.05) is 0 Å². The molecule has 0 saturated carbocycles. The number of hydrogen-bond acceptors (Lipinski definition) is 1. The van der Waals surface area contributed by atoms with E-state index in [-0.39, 0.29) is 11.8 Å². The van der Waals surface area contributed by atoms with Crippen molar-refractivity contribution >= 4 is 0 Å². The van der Waals surface area contributed by atoms with E-state index in [0.717, 1.165) is 6.08 Å². The number of halogens is 2. The van der Waals surface area contributed by atoms with Crippen LogP contribution in [0.25, 0.3) is 0 Å². The van der Waals surface area contributed by atoms with E-state index in [4.69, 9.17) is 4.74 Å². The van der Waals surface area contributed by atoms with E-state index in [0.29, 0.717) is 6.61 Å². The predicted molar refractivity (Wildman–Crippen MR) is 42.9 cm³/mol. The van der Waals surface area contributed by atoms with Crippen molar-refractivity contribution in [2.75, 3.05) is 13.7 Å². The first-order valence-electron chi connectivity index (χ1n) is 3.88. The fourth-order valence-corrected chi connectivity index (χ4v) is 1.25. The van der Waals surface area contributed by atoms with Gasteiger partial charge in [-0.3, -0.25) is 0 Å². The van der Waals surface area contributed by atoms with Gasteiger partial charge in [-0.15, -0.1) is 0 Å². The number of ether oxygens (including phenoxy) is 1. The first-order valence-corrected chi connectivity index (χ1v) is 3.88. The van der Waals surface area contributed by atoms with Crippen LogP contribution >= 0.6 is 0 Å². The van der Waals surface area contributed by atoms with Crippen molar-refractivity contribution in [3.05, 3.63) is 23.8 Å². The van der Waals surface area contributed by atoms with Gasteiger partial charge >= 0.3 is 0 Å². The molecule has 0 heterocycles. The van der Waals surface area contributed by atoms with E-state index < -0.39 is 11.7 Å². The highest BCUT2D eigenvalue weighted by Gasteiger charge is 2.23. The third-order valence-corrected chi connectivity index (χ3v) is 2.09. The molecular formula is C9H12F2O. The van der Waals surface area contributed by atoms with Crippen LogP contribution < -0.4 is 0 Å². The van der Waals surface area contributed by atoms with Gasteiger partial charge < -0.3 is 4.74 Å². The maximum Gasteiger partial charge on any atom is 0.122 e. The molecular weight excluding hydrogens is 162 g/mol. The Labute approximate surface area is 70.7 Å². The Morgan fingerprint density at radius 1 is 1.50 bits per heavy atom. The Hall–Kier alpha value is -0.700. The second-order valence-electron chi connectivity index (χ2n) is 2.99. The Morgan fingerprint density at radius 3 is 2.75 bits per heavy atom. The fourth-order valence-electron chi connectivity index (χ4n) is 1.25. The van der Waals surface area contributed by atoms with Crippen LogP contribution in [0.3, 0.4) is 0 Å². The molecule has 0 bridgehead atoms. The summed E-state index contributed by atoms with van der Waals surface area (Å²) in [6, 6.07) is 0. The van der Waals surface area contributed by atoms with Gasteiger partial charge in [0.25, 0.3) is 0 Å². The minimum absolute atomic E-state index is 0.181. The minimum atomic E-state index is -0.507. The summed E-state index contributed by atoms with van der Waals surface area (Å²) >= 11 is 0. The van der Waals surface area contributed by atoms with Crippen LogP contribution in [0, 0.1) is 11.8 Å². The SMILES string of the molecule is COCC1C=C(F)C=C(F)C1C. The lowest BCUT2D eigenvalue weighted by Gasteiger charge is -2.21. The zero-order valence-electron chi connectivity index (χ0n) is 7.18. The predicted octanol–water partition coefficient (Wildman–Crippen LogP) is 2.61. The van der Waals surface area contributed by atoms with Gasteiger partial charge in [-0.2, -0.15) is 0 Å². The lowest BCUT2D eigenvalue weighted by atomic mass is 9.89. The topological polar surface area (TPSA) is 9.23 Å². The van der Waals surface area contributed by atoms with E-state index >= 15 is 0 Å². The highest BCUT2D eigenvalue weighted by Crippen LogP contribution is 2.30. The van der Waals surface area contributed by atoms with Gasteiger partial charge in [0.1, 0.15) is 11.7 Å². The molecule has 1 nitrogen and oxygen atoms in total. The molecule has 3 heteroatoms. The van der Waals surface area contributed by atoms with Gasteiger partial charge in [-0.05, 0) is 6.08 Å². The lowest BCUT2D eigenvalue weighted by molar-refractivity contribution is 0.146. The van der Waals surface area contributed by atoms with Crippen molar-refractivity contribution in [3.8, 4) is 0 Å². The smallest absolute Gasteiger partial charge is 0.122 e. The highest BCUT2D eigenvalue weighted by molar-refractivity contribution is 5.23. The lowest BCUT2D eigenvalue weighted by Crippen LogP contribution is -2.18. The van der Waals surface area contributed by atoms with Crippen LogP contribution in [0.15, 0.2) is 23.8 Å². The van der Waals surface area contributed by atoms with Crippen LogP contribution in [0.2, 0.25) is 0 Å². The molecule has 0 amide bonds. The van der Waals surface area contributed by atoms with Gasteiger partial charge in [-0.1, -0.05) is 6.92 Å². The summed E-state index contributed by atoms with van der Waals surface area (Å²) in [4.78, 5) is 0. The third kappa shape index (κ3) is 1.91. The average molecular weight is 174 g/mol. The molecule has 0 aromatic heterocycles. The van der Waals surface area contributed by atoms with Crippen molar-refractivity contribution in [1.29, 1.82) is 0 Å². The molecule has 68 valence electrons. The molecule has 0 radical (unpaired) electrons. The minimum Gasteiger partial charge on any atom is -0.384 e. The monoisotopic (exact) mass is 174 g/mol. The molecule has 0 spiro atoms. The van der Waals surface area contributed by atoms with E-state index in [9.17, 15) is 8.78 Å². The summed E-state index contributed by atoms with van der Waals surface area (Å²) < 4.78 is 30.4. The second-order valence-corrected chi connectivity index (χ2v) is 2.99. The van der Waals surface area contributed by atoms with E-state index in [1.165, 1.54) is 13.2 Å². The number of allylic oxidation sites excluding steroid dienone is 3. The number of methoxy groups -OCH3 is 1. The largest absolute Gasteiger partial charge is 0.384 e. The second kappa shape index (κ2) is 3.81. The third-order valence-electron chi connectivity index (χ3n) is 2.09. The van der Waals surface area contributed by atoms with Gasteiger partial charge in [-0.25, -0.2) is 8.78 Å². The van der Waals surface area contributed by atoms with Crippen molar-refractivity contribution in [2.24, 2.45) is 11.8 Å². The molecule has 0 fully saturated rings. The molecule has 1 rings (SSSR count). The molecule has 1 aliphatic carbocycles. The van der Waals surface area contributed by atoms with Crippen LogP contribution in [0.4, 0.5) is 8.78 Å². The molecule has 12 heavy (non-hydrogen) atoms. The summed E-state index contributed by atoms with van der Waals surface area (Å²) in [6.45, 7) is 2.08. The Morgan fingerprint density at radius 2 is 2.17 bits per heavy atom. The van der Waals surface area contributed by atoms with Crippen LogP contribution in [0.5, 0.6) is 0 Å². The summed E-state index contributed by atoms with van der Waals surface area (Å²) in [5.41, 5.74) is 0. The van der Waals surface area contributed by atoms with Crippen LogP contribution in [-0.2, 0) is 4.74 Å². The summed E-state index contributed by atoms with van der Waals surface area (Å²) in [5.74, 6) is -1.37. The van der Waals surface area contributed by atoms with Crippen molar-refractivity contribution in [1.82, 2.24) is 0 Å². The standard InChI is InChI=1S/C9H12F2O/c1-6-7(5-12-2)3-8(10)4-9(6)11/h3-4,6-7H,5H2,1-2H3. The van der Waals surface area contributed by atoms with E-state index in [1.54, 1.807) is 6.92 Å². The normalized spacial score (nSPS) is 29.7. The Kier molecular flexibility index (Phi) is 2.98. The Bertz CT molecular complexity index is 221. The zero-order chi connectivity index (χ0) is 9.14. The van der Waals surface area contributed by atoms with E-state index in [2.05, 4.69) is 0 Å². The highest BCUT2D eigenvalue weighted by atomic mass is 19.1. The van der Waals surface area contributed by atoms with Gasteiger partial charge in [0, 0.05) is 25.0 Å². The number of rotatable bonds is 2. The maximum atomic E-state index is 12.9. The van der Waals surface area contributed by atoms with Crippen molar-refractivity contribution in [2.45, 2.75) is 6.92 Å². The summed E-state index contributed by atoms with van der Waals surface area (Å²) in [7, 11) is 1.52. The van der Waals surface area contributed by atoms with Gasteiger partial charge in [0.2, 0.25) is 0 Å².